The summed E-state index contributed by atoms with van der Waals surface area (Å²) >= 11 is 4.29. The number of ether oxygens (including phenoxy) is 1. The van der Waals surface area contributed by atoms with E-state index >= 15 is 0 Å². The van der Waals surface area contributed by atoms with Gasteiger partial charge in [-0.05, 0) is 12.1 Å². The molecule has 1 fully saturated rings. The molecule has 0 saturated carbocycles. The van der Waals surface area contributed by atoms with Gasteiger partial charge in [-0.2, -0.15) is 12.6 Å². The van der Waals surface area contributed by atoms with Gasteiger partial charge in [-0.15, -0.1) is 0 Å². The van der Waals surface area contributed by atoms with E-state index in [9.17, 15) is 4.79 Å². The van der Waals surface area contributed by atoms with Gasteiger partial charge >= 0.3 is 0 Å². The van der Waals surface area contributed by atoms with E-state index in [-0.39, 0.29) is 5.91 Å². The number of rotatable bonds is 4. The minimum atomic E-state index is -0.521. The fourth-order valence-corrected chi connectivity index (χ4v) is 1.96. The highest BCUT2D eigenvalue weighted by Gasteiger charge is 2.18. The third kappa shape index (κ3) is 3.69. The van der Waals surface area contributed by atoms with Crippen LogP contribution in [0.3, 0.4) is 0 Å². The lowest BCUT2D eigenvalue weighted by Gasteiger charge is -2.27. The van der Waals surface area contributed by atoms with Crippen molar-refractivity contribution >= 4 is 18.5 Å². The molecule has 0 aromatic carbocycles. The Labute approximate surface area is 112 Å². The second-order valence-electron chi connectivity index (χ2n) is 4.09. The van der Waals surface area contributed by atoms with E-state index in [1.807, 2.05) is 12.1 Å². The molecular weight excluding hydrogens is 250 g/mol. The smallest absolute Gasteiger partial charge is 0.239 e. The summed E-state index contributed by atoms with van der Waals surface area (Å²) in [6, 6.07) is 5.46. The van der Waals surface area contributed by atoms with E-state index in [1.54, 1.807) is 12.3 Å². The molecule has 1 unspecified atom stereocenters. The van der Waals surface area contributed by atoms with Crippen LogP contribution in [0.4, 0.5) is 0 Å². The van der Waals surface area contributed by atoms with Gasteiger partial charge in [0.05, 0.1) is 25.6 Å². The average Bonchev–Trinajstić information content (AvgIpc) is 2.46. The van der Waals surface area contributed by atoms with E-state index in [1.165, 1.54) is 0 Å². The highest BCUT2D eigenvalue weighted by atomic mass is 32.1. The Balaban J connectivity index is 1.80. The molecule has 2 heterocycles. The molecule has 1 saturated heterocycles. The maximum absolute atomic E-state index is 11.9. The number of hydrogen-bond acceptors (Lipinski definition) is 5. The number of amides is 1. The molecule has 6 heteroatoms. The molecule has 2 rings (SSSR count). The minimum Gasteiger partial charge on any atom is -0.379 e. The van der Waals surface area contributed by atoms with Crippen LogP contribution in [0.25, 0.3) is 0 Å². The first kappa shape index (κ1) is 13.3. The molecule has 0 bridgehead atoms. The standard InChI is InChI=1S/C12H17N3O2S/c16-12(11(18)10-3-1-2-4-13-10)14-9-15-5-7-17-8-6-15/h1-4,11,18H,5-9H2,(H,14,16). The molecule has 18 heavy (non-hydrogen) atoms. The van der Waals surface area contributed by atoms with E-state index in [0.717, 1.165) is 26.3 Å². The molecule has 1 aliphatic rings. The van der Waals surface area contributed by atoms with Gasteiger partial charge in [0.2, 0.25) is 5.91 Å². The van der Waals surface area contributed by atoms with Gasteiger partial charge in [-0.25, -0.2) is 0 Å². The molecule has 98 valence electrons. The lowest BCUT2D eigenvalue weighted by molar-refractivity contribution is -0.121. The molecule has 0 aliphatic carbocycles. The summed E-state index contributed by atoms with van der Waals surface area (Å²) < 4.78 is 5.24. The van der Waals surface area contributed by atoms with Crippen LogP contribution >= 0.6 is 12.6 Å². The van der Waals surface area contributed by atoms with Crippen LogP contribution in [0.2, 0.25) is 0 Å². The highest BCUT2D eigenvalue weighted by molar-refractivity contribution is 7.81. The normalized spacial score (nSPS) is 18.3. The Bertz CT molecular complexity index is 382. The maximum atomic E-state index is 11.9. The monoisotopic (exact) mass is 267 g/mol. The van der Waals surface area contributed by atoms with Crippen molar-refractivity contribution in [3.63, 3.8) is 0 Å². The number of aromatic nitrogens is 1. The van der Waals surface area contributed by atoms with E-state index in [2.05, 4.69) is 27.8 Å². The summed E-state index contributed by atoms with van der Waals surface area (Å²) in [7, 11) is 0. The fraction of sp³-hybridized carbons (Fsp3) is 0.500. The van der Waals surface area contributed by atoms with Crippen LogP contribution in [0.15, 0.2) is 24.4 Å². The SMILES string of the molecule is O=C(NCN1CCOCC1)C(S)c1ccccn1. The first-order valence-electron chi connectivity index (χ1n) is 5.94. The number of thiol groups is 1. The summed E-state index contributed by atoms with van der Waals surface area (Å²) in [5, 5.41) is 2.34. The van der Waals surface area contributed by atoms with E-state index in [4.69, 9.17) is 4.74 Å². The van der Waals surface area contributed by atoms with Crippen LogP contribution in [-0.4, -0.2) is 48.8 Å². The van der Waals surface area contributed by atoms with Gasteiger partial charge in [-0.1, -0.05) is 6.07 Å². The van der Waals surface area contributed by atoms with Gasteiger partial charge < -0.3 is 10.1 Å². The number of nitrogens with zero attached hydrogens (tertiary/aromatic N) is 2. The Morgan fingerprint density at radius 2 is 2.28 bits per heavy atom. The molecule has 1 atom stereocenters. The lowest BCUT2D eigenvalue weighted by Crippen LogP contribution is -2.44. The van der Waals surface area contributed by atoms with Crippen LogP contribution < -0.4 is 5.32 Å². The van der Waals surface area contributed by atoms with Crippen LogP contribution in [-0.2, 0) is 9.53 Å². The van der Waals surface area contributed by atoms with Crippen molar-refractivity contribution in [2.45, 2.75) is 5.25 Å². The molecule has 0 radical (unpaired) electrons. The van der Waals surface area contributed by atoms with Crippen molar-refractivity contribution in [3.05, 3.63) is 30.1 Å². The summed E-state index contributed by atoms with van der Waals surface area (Å²) in [5.41, 5.74) is 0.667. The fourth-order valence-electron chi connectivity index (χ4n) is 1.72. The number of nitrogens with one attached hydrogen (secondary N) is 1. The van der Waals surface area contributed by atoms with Crippen molar-refractivity contribution in [1.29, 1.82) is 0 Å². The molecule has 1 N–H and O–H groups in total. The first-order chi connectivity index (χ1) is 8.77. The predicted octanol–water partition coefficient (Wildman–Crippen LogP) is 0.458. The van der Waals surface area contributed by atoms with Crippen molar-refractivity contribution in [3.8, 4) is 0 Å². The van der Waals surface area contributed by atoms with E-state index in [0.29, 0.717) is 12.4 Å². The van der Waals surface area contributed by atoms with Gasteiger partial charge in [-0.3, -0.25) is 14.7 Å². The summed E-state index contributed by atoms with van der Waals surface area (Å²) in [6.45, 7) is 3.68. The summed E-state index contributed by atoms with van der Waals surface area (Å²) in [6.07, 6.45) is 1.66. The van der Waals surface area contributed by atoms with Crippen molar-refractivity contribution in [1.82, 2.24) is 15.2 Å². The second kappa shape index (κ2) is 6.72. The quantitative estimate of drug-likeness (QED) is 0.778. The largest absolute Gasteiger partial charge is 0.379 e. The van der Waals surface area contributed by atoms with Crippen molar-refractivity contribution < 1.29 is 9.53 Å². The summed E-state index contributed by atoms with van der Waals surface area (Å²) in [4.78, 5) is 18.2. The van der Waals surface area contributed by atoms with Crippen LogP contribution in [0, 0.1) is 0 Å². The van der Waals surface area contributed by atoms with Gasteiger partial charge in [0.25, 0.3) is 0 Å². The number of morpholine rings is 1. The zero-order valence-electron chi connectivity index (χ0n) is 10.1. The topological polar surface area (TPSA) is 54.5 Å². The van der Waals surface area contributed by atoms with Crippen LogP contribution in [0.5, 0.6) is 0 Å². The molecule has 1 aliphatic heterocycles. The number of pyridine rings is 1. The lowest BCUT2D eigenvalue weighted by atomic mass is 10.2. The second-order valence-corrected chi connectivity index (χ2v) is 4.60. The maximum Gasteiger partial charge on any atom is 0.239 e. The van der Waals surface area contributed by atoms with Gasteiger partial charge in [0, 0.05) is 19.3 Å². The van der Waals surface area contributed by atoms with Gasteiger partial charge in [0.15, 0.2) is 0 Å². The Hall–Kier alpha value is -1.11. The third-order valence-electron chi connectivity index (χ3n) is 2.80. The molecular formula is C12H17N3O2S. The molecule has 1 aromatic heterocycles. The molecule has 1 amide bonds. The number of carbonyl (C=O) groups excluding carboxylic acids is 1. The Kier molecular flexibility index (Phi) is 4.98. The first-order valence-corrected chi connectivity index (χ1v) is 6.46. The number of carbonyl (C=O) groups is 1. The Morgan fingerprint density at radius 1 is 1.50 bits per heavy atom. The predicted molar refractivity (Wildman–Crippen MR) is 71.4 cm³/mol. The third-order valence-corrected chi connectivity index (χ3v) is 3.30. The summed E-state index contributed by atoms with van der Waals surface area (Å²) in [5.74, 6) is -0.122. The minimum absolute atomic E-state index is 0.122. The van der Waals surface area contributed by atoms with Crippen LogP contribution in [0.1, 0.15) is 10.9 Å². The zero-order chi connectivity index (χ0) is 12.8. The molecule has 0 spiro atoms. The molecule has 5 nitrogen and oxygen atoms in total. The van der Waals surface area contributed by atoms with Gasteiger partial charge in [0.1, 0.15) is 5.25 Å². The number of hydrogen-bond donors (Lipinski definition) is 2. The Morgan fingerprint density at radius 3 is 2.94 bits per heavy atom. The average molecular weight is 267 g/mol. The van der Waals surface area contributed by atoms with Crippen molar-refractivity contribution in [2.24, 2.45) is 0 Å². The van der Waals surface area contributed by atoms with E-state index < -0.39 is 5.25 Å². The van der Waals surface area contributed by atoms with Crippen molar-refractivity contribution in [2.75, 3.05) is 33.0 Å². The highest BCUT2D eigenvalue weighted by Crippen LogP contribution is 2.16. The molecule has 1 aromatic rings. The zero-order valence-corrected chi connectivity index (χ0v) is 11.0.